The second-order valence-corrected chi connectivity index (χ2v) is 12.6. The average Bonchev–Trinajstić information content (AvgIpc) is 3.50. The van der Waals surface area contributed by atoms with Crippen molar-refractivity contribution in [3.8, 4) is 0 Å². The van der Waals surface area contributed by atoms with E-state index < -0.39 is 23.2 Å². The normalized spacial score (nSPS) is 33.1. The van der Waals surface area contributed by atoms with Crippen molar-refractivity contribution in [3.05, 3.63) is 18.6 Å². The third-order valence-corrected chi connectivity index (χ3v) is 8.03. The standard InChI is InChI=1S/C27H40N6O6/c1-25(2,3)39-24(34)33-11-12-35-15-27(33)8-6-9-31(14-27)13-18-19-20(38-26(4,5)37-19)23(36-18)32-10-7-17-21(28)29-16-30-22(17)32/h7,10,16,18-20,23H,6,8-9,11-15H2,1-5H3,(H2,28,29,30)/t18-,19-,20-,23-,27?/m1/s1. The van der Waals surface area contributed by atoms with Crippen LogP contribution < -0.4 is 5.73 Å². The second kappa shape index (κ2) is 9.55. The molecule has 2 aromatic rings. The lowest BCUT2D eigenvalue weighted by Gasteiger charge is -2.51. The van der Waals surface area contributed by atoms with Crippen LogP contribution in [0.1, 0.15) is 53.7 Å². The van der Waals surface area contributed by atoms with Crippen LogP contribution in [0.15, 0.2) is 18.6 Å². The highest BCUT2D eigenvalue weighted by Gasteiger charge is 2.57. The highest BCUT2D eigenvalue weighted by atomic mass is 16.8. The van der Waals surface area contributed by atoms with E-state index in [1.807, 2.05) is 56.3 Å². The molecule has 0 aromatic carbocycles. The molecule has 6 rings (SSSR count). The first kappa shape index (κ1) is 26.7. The maximum absolute atomic E-state index is 13.2. The molecular formula is C27H40N6O6. The van der Waals surface area contributed by atoms with Crippen molar-refractivity contribution >= 4 is 22.9 Å². The fourth-order valence-electron chi connectivity index (χ4n) is 6.52. The fraction of sp³-hybridized carbons (Fsp3) is 0.741. The number of amides is 1. The fourth-order valence-corrected chi connectivity index (χ4v) is 6.52. The van der Waals surface area contributed by atoms with Crippen LogP contribution >= 0.6 is 0 Å². The van der Waals surface area contributed by atoms with Crippen molar-refractivity contribution in [1.82, 2.24) is 24.3 Å². The van der Waals surface area contributed by atoms with Gasteiger partial charge in [0.15, 0.2) is 12.0 Å². The van der Waals surface area contributed by atoms with Gasteiger partial charge < -0.3 is 34.0 Å². The molecule has 4 aliphatic heterocycles. The molecule has 1 unspecified atom stereocenters. The van der Waals surface area contributed by atoms with E-state index in [1.165, 1.54) is 6.33 Å². The lowest BCUT2D eigenvalue weighted by molar-refractivity contribution is -0.199. The van der Waals surface area contributed by atoms with E-state index in [2.05, 4.69) is 14.9 Å². The number of hydrogen-bond donors (Lipinski definition) is 1. The van der Waals surface area contributed by atoms with E-state index >= 15 is 0 Å². The van der Waals surface area contributed by atoms with Crippen molar-refractivity contribution in [1.29, 1.82) is 0 Å². The largest absolute Gasteiger partial charge is 0.444 e. The van der Waals surface area contributed by atoms with Crippen LogP contribution in [-0.4, -0.2) is 105 Å². The summed E-state index contributed by atoms with van der Waals surface area (Å²) in [6, 6.07) is 1.90. The summed E-state index contributed by atoms with van der Waals surface area (Å²) < 4.78 is 33.1. The minimum Gasteiger partial charge on any atom is -0.444 e. The van der Waals surface area contributed by atoms with Gasteiger partial charge >= 0.3 is 6.09 Å². The molecule has 2 N–H and O–H groups in total. The Morgan fingerprint density at radius 1 is 1.21 bits per heavy atom. The van der Waals surface area contributed by atoms with Gasteiger partial charge in [-0.1, -0.05) is 0 Å². The molecule has 2 aromatic heterocycles. The molecule has 6 heterocycles. The number of piperidine rings is 1. The Hall–Kier alpha value is -2.51. The topological polar surface area (TPSA) is 126 Å². The van der Waals surface area contributed by atoms with Gasteiger partial charge in [0.1, 0.15) is 41.7 Å². The van der Waals surface area contributed by atoms with Gasteiger partial charge in [-0.2, -0.15) is 0 Å². The molecule has 1 amide bonds. The second-order valence-electron chi connectivity index (χ2n) is 12.6. The van der Waals surface area contributed by atoms with Crippen LogP contribution in [0, 0.1) is 0 Å². The molecule has 39 heavy (non-hydrogen) atoms. The molecule has 12 heteroatoms. The average molecular weight is 545 g/mol. The van der Waals surface area contributed by atoms with Gasteiger partial charge in [0.2, 0.25) is 0 Å². The monoisotopic (exact) mass is 544 g/mol. The summed E-state index contributed by atoms with van der Waals surface area (Å²) in [5.74, 6) is -0.308. The van der Waals surface area contributed by atoms with Crippen LogP contribution in [0.25, 0.3) is 11.0 Å². The van der Waals surface area contributed by atoms with Crippen molar-refractivity contribution in [3.63, 3.8) is 0 Å². The number of nitrogens with two attached hydrogens (primary N) is 1. The Kier molecular flexibility index (Phi) is 6.54. The molecule has 5 atom stereocenters. The number of carbonyl (C=O) groups is 1. The number of likely N-dealkylation sites (tertiary alicyclic amines) is 1. The number of carbonyl (C=O) groups excluding carboxylic acids is 1. The number of nitrogen functional groups attached to an aromatic ring is 1. The SMILES string of the molecule is CC(C)(C)OC(=O)N1CCOCC12CCCN(C[C@H]1O[C@@H](n3ccc4c(N)ncnc43)[C@@H]3OC(C)(C)O[C@@H]31)C2. The Bertz CT molecular complexity index is 1230. The Morgan fingerprint density at radius 2 is 2.00 bits per heavy atom. The Morgan fingerprint density at radius 3 is 2.79 bits per heavy atom. The van der Waals surface area contributed by atoms with E-state index in [-0.39, 0.29) is 24.4 Å². The van der Waals surface area contributed by atoms with Gasteiger partial charge in [-0.3, -0.25) is 9.80 Å². The summed E-state index contributed by atoms with van der Waals surface area (Å²) >= 11 is 0. The maximum Gasteiger partial charge on any atom is 0.410 e. The number of aromatic nitrogens is 3. The van der Waals surface area contributed by atoms with Crippen LogP contribution in [0.3, 0.4) is 0 Å². The van der Waals surface area contributed by atoms with Gasteiger partial charge in [-0.25, -0.2) is 14.8 Å². The smallest absolute Gasteiger partial charge is 0.410 e. The molecule has 0 saturated carbocycles. The molecular weight excluding hydrogens is 504 g/mol. The number of rotatable bonds is 3. The summed E-state index contributed by atoms with van der Waals surface area (Å²) in [6.07, 6.45) is 3.67. The zero-order valence-electron chi connectivity index (χ0n) is 23.5. The van der Waals surface area contributed by atoms with E-state index in [0.29, 0.717) is 44.3 Å². The number of morpholine rings is 1. The summed E-state index contributed by atoms with van der Waals surface area (Å²) in [5.41, 5.74) is 5.79. The third kappa shape index (κ3) is 4.97. The van der Waals surface area contributed by atoms with E-state index in [9.17, 15) is 4.79 Å². The zero-order valence-corrected chi connectivity index (χ0v) is 23.5. The summed E-state index contributed by atoms with van der Waals surface area (Å²) in [4.78, 5) is 26.0. The van der Waals surface area contributed by atoms with Gasteiger partial charge in [0.05, 0.1) is 24.1 Å². The van der Waals surface area contributed by atoms with E-state index in [4.69, 9.17) is 29.4 Å². The van der Waals surface area contributed by atoms with E-state index in [0.717, 1.165) is 24.8 Å². The van der Waals surface area contributed by atoms with Crippen molar-refractivity contribution < 1.29 is 28.5 Å². The summed E-state index contributed by atoms with van der Waals surface area (Å²) in [6.45, 7) is 13.3. The number of anilines is 1. The van der Waals surface area contributed by atoms with Gasteiger partial charge in [0, 0.05) is 25.8 Å². The minimum absolute atomic E-state index is 0.243. The molecule has 214 valence electrons. The van der Waals surface area contributed by atoms with Crippen molar-refractivity contribution in [2.45, 2.75) is 88.9 Å². The quantitative estimate of drug-likeness (QED) is 0.616. The van der Waals surface area contributed by atoms with Gasteiger partial charge in [0.25, 0.3) is 0 Å². The van der Waals surface area contributed by atoms with Crippen LogP contribution in [0.5, 0.6) is 0 Å². The molecule has 12 nitrogen and oxygen atoms in total. The predicted octanol–water partition coefficient (Wildman–Crippen LogP) is 2.53. The first-order valence-corrected chi connectivity index (χ1v) is 13.8. The molecule has 0 aliphatic carbocycles. The molecule has 4 fully saturated rings. The Balaban J connectivity index is 1.23. The first-order valence-electron chi connectivity index (χ1n) is 13.8. The number of hydrogen-bond acceptors (Lipinski definition) is 10. The number of ether oxygens (including phenoxy) is 5. The molecule has 4 saturated heterocycles. The van der Waals surface area contributed by atoms with Crippen LogP contribution in [0.2, 0.25) is 0 Å². The van der Waals surface area contributed by atoms with Gasteiger partial charge in [-0.05, 0) is 60.1 Å². The maximum atomic E-state index is 13.2. The van der Waals surface area contributed by atoms with Crippen LogP contribution in [-0.2, 0) is 23.7 Å². The number of nitrogens with zero attached hydrogens (tertiary/aromatic N) is 5. The van der Waals surface area contributed by atoms with Crippen molar-refractivity contribution in [2.75, 3.05) is 45.1 Å². The van der Waals surface area contributed by atoms with Crippen molar-refractivity contribution in [2.24, 2.45) is 0 Å². The lowest BCUT2D eigenvalue weighted by Crippen LogP contribution is -2.66. The van der Waals surface area contributed by atoms with Crippen LogP contribution in [0.4, 0.5) is 10.6 Å². The highest BCUT2D eigenvalue weighted by Crippen LogP contribution is 2.45. The Labute approximate surface area is 228 Å². The third-order valence-electron chi connectivity index (χ3n) is 8.03. The lowest BCUT2D eigenvalue weighted by atomic mass is 9.86. The first-order chi connectivity index (χ1) is 18.4. The molecule has 0 bridgehead atoms. The highest BCUT2D eigenvalue weighted by molar-refractivity contribution is 5.86. The molecule has 0 radical (unpaired) electrons. The van der Waals surface area contributed by atoms with Gasteiger partial charge in [-0.15, -0.1) is 0 Å². The zero-order chi connectivity index (χ0) is 27.6. The molecule has 4 aliphatic rings. The summed E-state index contributed by atoms with van der Waals surface area (Å²) in [5, 5.41) is 0.775. The molecule has 1 spiro atoms. The predicted molar refractivity (Wildman–Crippen MR) is 142 cm³/mol. The summed E-state index contributed by atoms with van der Waals surface area (Å²) in [7, 11) is 0. The minimum atomic E-state index is -0.736. The number of fused-ring (bicyclic) bond motifs is 2. The van der Waals surface area contributed by atoms with E-state index in [1.54, 1.807) is 0 Å².